The van der Waals surface area contributed by atoms with Gasteiger partial charge in [-0.25, -0.2) is 0 Å². The first kappa shape index (κ1) is 33.2. The van der Waals surface area contributed by atoms with E-state index in [1.807, 2.05) is 66.7 Å². The van der Waals surface area contributed by atoms with Crippen molar-refractivity contribution in [2.45, 2.75) is 96.7 Å². The molecule has 40 heavy (non-hydrogen) atoms. The highest BCUT2D eigenvalue weighted by molar-refractivity contribution is 6.74. The van der Waals surface area contributed by atoms with Gasteiger partial charge in [-0.15, -0.1) is 13.2 Å². The zero-order valence-corrected chi connectivity index (χ0v) is 26.1. The van der Waals surface area contributed by atoms with Crippen molar-refractivity contribution >= 4 is 20.3 Å². The Bertz CT molecular complexity index is 1020. The highest BCUT2D eigenvalue weighted by Gasteiger charge is 2.49. The summed E-state index contributed by atoms with van der Waals surface area (Å²) in [6.45, 7) is 19.0. The smallest absolute Gasteiger partial charge is 0.324 e. The minimum Gasteiger partial charge on any atom is -0.460 e. The van der Waals surface area contributed by atoms with Crippen LogP contribution < -0.4 is 0 Å². The highest BCUT2D eigenvalue weighted by Crippen LogP contribution is 2.40. The number of hydrogen-bond acceptors (Lipinski definition) is 5. The molecule has 5 nitrogen and oxygen atoms in total. The Morgan fingerprint density at radius 3 is 1.75 bits per heavy atom. The molecule has 0 aliphatic carbocycles. The Kier molecular flexibility index (Phi) is 13.1. The van der Waals surface area contributed by atoms with E-state index in [9.17, 15) is 9.59 Å². The molecule has 2 aromatic carbocycles. The summed E-state index contributed by atoms with van der Waals surface area (Å²) in [7, 11) is -2.09. The van der Waals surface area contributed by atoms with Gasteiger partial charge < -0.3 is 13.9 Å². The van der Waals surface area contributed by atoms with Gasteiger partial charge >= 0.3 is 11.9 Å². The molecule has 0 fully saturated rings. The fourth-order valence-corrected chi connectivity index (χ4v) is 5.70. The molecule has 6 heteroatoms. The van der Waals surface area contributed by atoms with Crippen molar-refractivity contribution in [1.29, 1.82) is 0 Å². The molecule has 0 unspecified atom stereocenters. The van der Waals surface area contributed by atoms with Crippen molar-refractivity contribution in [2.75, 3.05) is 0 Å². The fourth-order valence-electron chi connectivity index (χ4n) is 4.28. The molecular weight excluding hydrogens is 516 g/mol. The van der Waals surface area contributed by atoms with Crippen LogP contribution in [0.5, 0.6) is 0 Å². The van der Waals surface area contributed by atoms with Crippen molar-refractivity contribution < 1.29 is 23.5 Å². The van der Waals surface area contributed by atoms with Crippen LogP contribution in [0.1, 0.15) is 70.4 Å². The van der Waals surface area contributed by atoms with Gasteiger partial charge in [0, 0.05) is 6.10 Å². The van der Waals surface area contributed by atoms with Crippen molar-refractivity contribution in [1.82, 2.24) is 0 Å². The number of rotatable bonds is 17. The molecule has 0 aliphatic rings. The van der Waals surface area contributed by atoms with Gasteiger partial charge in [0.05, 0.1) is 0 Å². The van der Waals surface area contributed by atoms with Gasteiger partial charge in [-0.1, -0.05) is 93.6 Å². The van der Waals surface area contributed by atoms with E-state index < -0.39 is 25.7 Å². The Morgan fingerprint density at radius 1 is 0.825 bits per heavy atom. The third kappa shape index (κ3) is 9.90. The van der Waals surface area contributed by atoms with Crippen LogP contribution in [-0.4, -0.2) is 26.4 Å². The van der Waals surface area contributed by atoms with Gasteiger partial charge in [0.25, 0.3) is 0 Å². The van der Waals surface area contributed by atoms with Crippen molar-refractivity contribution in [3.63, 3.8) is 0 Å². The molecule has 0 radical (unpaired) electrons. The summed E-state index contributed by atoms with van der Waals surface area (Å²) >= 11 is 0. The van der Waals surface area contributed by atoms with Crippen molar-refractivity contribution in [3.8, 4) is 0 Å². The van der Waals surface area contributed by atoms with Crippen LogP contribution in [0, 0.1) is 5.41 Å². The second kappa shape index (κ2) is 15.7. The number of carbonyl (C=O) groups is 2. The lowest BCUT2D eigenvalue weighted by atomic mass is 9.78. The normalized spacial score (nSPS) is 12.8. The Morgan fingerprint density at radius 2 is 1.32 bits per heavy atom. The topological polar surface area (TPSA) is 61.8 Å². The quantitative estimate of drug-likeness (QED) is 0.0633. The monoisotopic (exact) mass is 564 g/mol. The molecule has 0 amide bonds. The summed E-state index contributed by atoms with van der Waals surface area (Å²) in [5.74, 6) is -1.18. The van der Waals surface area contributed by atoms with Crippen LogP contribution in [0.15, 0.2) is 86.0 Å². The molecule has 0 N–H and O–H groups in total. The van der Waals surface area contributed by atoms with Gasteiger partial charge in [-0.3, -0.25) is 9.59 Å². The number of ether oxygens (including phenoxy) is 2. The summed E-state index contributed by atoms with van der Waals surface area (Å²) in [5, 5.41) is 0.0329. The lowest BCUT2D eigenvalue weighted by Gasteiger charge is -2.40. The molecule has 0 saturated heterocycles. The zero-order chi connectivity index (χ0) is 29.7. The van der Waals surface area contributed by atoms with Gasteiger partial charge in [-0.2, -0.15) is 0 Å². The summed E-state index contributed by atoms with van der Waals surface area (Å²) in [6.07, 6.45) is 6.93. The predicted molar refractivity (Wildman–Crippen MR) is 165 cm³/mol. The van der Waals surface area contributed by atoms with E-state index in [0.29, 0.717) is 6.42 Å². The lowest BCUT2D eigenvalue weighted by Crippen LogP contribution is -2.46. The molecular formula is C34H48O5Si. The van der Waals surface area contributed by atoms with Crippen molar-refractivity contribution in [3.05, 3.63) is 97.1 Å². The highest BCUT2D eigenvalue weighted by atomic mass is 28.4. The lowest BCUT2D eigenvalue weighted by molar-refractivity contribution is -0.175. The zero-order valence-electron chi connectivity index (χ0n) is 25.1. The fraction of sp³-hybridized carbons (Fsp3) is 0.471. The average Bonchev–Trinajstić information content (AvgIpc) is 2.93. The summed E-state index contributed by atoms with van der Waals surface area (Å²) < 4.78 is 18.4. The Balaban J connectivity index is 2.34. The van der Waals surface area contributed by atoms with Crippen LogP contribution in [0.4, 0.5) is 0 Å². The largest absolute Gasteiger partial charge is 0.460 e. The average molecular weight is 565 g/mol. The van der Waals surface area contributed by atoms with E-state index in [-0.39, 0.29) is 37.2 Å². The molecule has 0 heterocycles. The maximum atomic E-state index is 13.8. The first-order valence-corrected chi connectivity index (χ1v) is 17.2. The molecule has 218 valence electrons. The summed E-state index contributed by atoms with van der Waals surface area (Å²) in [5.41, 5.74) is 0.188. The number of carbonyl (C=O) groups excluding carboxylic acids is 2. The first-order valence-electron chi connectivity index (χ1n) is 14.3. The van der Waals surface area contributed by atoms with E-state index in [0.717, 1.165) is 30.4 Å². The second-order valence-electron chi connectivity index (χ2n) is 12.0. The Labute approximate surface area is 242 Å². The molecule has 0 spiro atoms. The van der Waals surface area contributed by atoms with Crippen LogP contribution in [0.25, 0.3) is 0 Å². The molecule has 1 atom stereocenters. The standard InChI is InChI=1S/C34H48O5Si/c1-8-10-13-22-30(39-40(6,7)33(3,4)5)23-25-34(24-9-2,31(35)37-26-28-18-14-11-15-19-28)32(36)38-27-29-20-16-12-17-21-29/h8-9,11-12,14-21,30H,1-2,10,13,22-27H2,3-7H3/t30-/m0/s1. The third-order valence-electron chi connectivity index (χ3n) is 7.79. The van der Waals surface area contributed by atoms with Gasteiger partial charge in [0.2, 0.25) is 0 Å². The number of hydrogen-bond donors (Lipinski definition) is 0. The maximum Gasteiger partial charge on any atom is 0.324 e. The molecule has 0 bridgehead atoms. The summed E-state index contributed by atoms with van der Waals surface area (Å²) in [6, 6.07) is 18.9. The minimum absolute atomic E-state index is 0.0329. The van der Waals surface area contributed by atoms with E-state index >= 15 is 0 Å². The van der Waals surface area contributed by atoms with Gasteiger partial charge in [0.15, 0.2) is 13.7 Å². The number of unbranched alkanes of at least 4 members (excludes halogenated alkanes) is 1. The molecule has 0 aliphatic heterocycles. The number of benzene rings is 2. The van der Waals surface area contributed by atoms with Crippen molar-refractivity contribution in [2.24, 2.45) is 5.41 Å². The SMILES string of the molecule is C=CCCC[C@@H](CCC(CC=C)(C(=O)OCc1ccccc1)C(=O)OCc1ccccc1)O[Si](C)(C)C(C)(C)C. The van der Waals surface area contributed by atoms with Gasteiger partial charge in [-0.05, 0) is 67.8 Å². The van der Waals surface area contributed by atoms with E-state index in [2.05, 4.69) is 47.0 Å². The number of esters is 2. The molecule has 2 rings (SSSR count). The maximum absolute atomic E-state index is 13.8. The molecule has 0 aromatic heterocycles. The van der Waals surface area contributed by atoms with E-state index in [1.165, 1.54) is 0 Å². The number of allylic oxidation sites excluding steroid dienone is 2. The third-order valence-corrected chi connectivity index (χ3v) is 12.3. The Hall–Kier alpha value is -2.96. The van der Waals surface area contributed by atoms with Crippen LogP contribution in [0.2, 0.25) is 18.1 Å². The molecule has 0 saturated carbocycles. The van der Waals surface area contributed by atoms with Crippen LogP contribution in [-0.2, 0) is 36.7 Å². The van der Waals surface area contributed by atoms with Crippen LogP contribution in [0.3, 0.4) is 0 Å². The van der Waals surface area contributed by atoms with Crippen LogP contribution >= 0.6 is 0 Å². The first-order chi connectivity index (χ1) is 18.9. The summed E-state index contributed by atoms with van der Waals surface area (Å²) in [4.78, 5) is 27.6. The second-order valence-corrected chi connectivity index (χ2v) is 16.7. The minimum atomic E-state index is -2.09. The van der Waals surface area contributed by atoms with E-state index in [4.69, 9.17) is 13.9 Å². The molecule has 2 aromatic rings. The van der Waals surface area contributed by atoms with E-state index in [1.54, 1.807) is 6.08 Å². The van der Waals surface area contributed by atoms with Gasteiger partial charge in [0.1, 0.15) is 13.2 Å². The predicted octanol–water partition coefficient (Wildman–Crippen LogP) is 8.56.